The van der Waals surface area contributed by atoms with Gasteiger partial charge in [-0.1, -0.05) is 55.5 Å². The van der Waals surface area contributed by atoms with Gasteiger partial charge < -0.3 is 20.5 Å². The standard InChI is InChI=1S/C23H28F2N2O6S/c1-2-18(21(29)22(30)26-14-16-8-4-3-5-9-16)27-20(28)12-13-34(31,32)15-17-10-6-7-11-19(17)33-23(24)25/h3-11,18,21,23,29H,2,12-15H2,1H3,(H,26,30)(H,27,28). The Labute approximate surface area is 197 Å². The number of hydrogen-bond donors (Lipinski definition) is 3. The number of ether oxygens (including phenoxy) is 1. The molecule has 0 saturated heterocycles. The second-order valence-corrected chi connectivity index (χ2v) is 9.74. The van der Waals surface area contributed by atoms with E-state index in [9.17, 15) is 31.9 Å². The van der Waals surface area contributed by atoms with Crippen molar-refractivity contribution >= 4 is 21.7 Å². The number of nitrogens with one attached hydrogen (secondary N) is 2. The van der Waals surface area contributed by atoms with Crippen LogP contribution in [0.15, 0.2) is 54.6 Å². The Morgan fingerprint density at radius 2 is 1.71 bits per heavy atom. The first kappa shape index (κ1) is 27.2. The predicted molar refractivity (Wildman–Crippen MR) is 122 cm³/mol. The van der Waals surface area contributed by atoms with Gasteiger partial charge in [0.1, 0.15) is 5.75 Å². The van der Waals surface area contributed by atoms with Gasteiger partial charge >= 0.3 is 6.61 Å². The van der Waals surface area contributed by atoms with E-state index >= 15 is 0 Å². The van der Waals surface area contributed by atoms with Gasteiger partial charge in [0.15, 0.2) is 15.9 Å². The zero-order valence-electron chi connectivity index (χ0n) is 18.6. The van der Waals surface area contributed by atoms with E-state index < -0.39 is 58.3 Å². The van der Waals surface area contributed by atoms with Gasteiger partial charge in [0.2, 0.25) is 5.91 Å². The Balaban J connectivity index is 1.87. The third-order valence-corrected chi connectivity index (χ3v) is 6.53. The molecule has 0 aromatic heterocycles. The molecular weight excluding hydrogens is 470 g/mol. The van der Waals surface area contributed by atoms with Gasteiger partial charge in [-0.2, -0.15) is 8.78 Å². The second kappa shape index (κ2) is 13.0. The van der Waals surface area contributed by atoms with Crippen LogP contribution in [0.5, 0.6) is 5.75 Å². The first-order valence-corrected chi connectivity index (χ1v) is 12.5. The minimum Gasteiger partial charge on any atom is -0.435 e. The Morgan fingerprint density at radius 1 is 1.06 bits per heavy atom. The van der Waals surface area contributed by atoms with Crippen LogP contribution >= 0.6 is 0 Å². The topological polar surface area (TPSA) is 122 Å². The second-order valence-electron chi connectivity index (χ2n) is 7.56. The van der Waals surface area contributed by atoms with Crippen molar-refractivity contribution in [3.63, 3.8) is 0 Å². The molecule has 2 rings (SSSR count). The molecule has 34 heavy (non-hydrogen) atoms. The molecule has 2 aromatic rings. The summed E-state index contributed by atoms with van der Waals surface area (Å²) in [7, 11) is -3.83. The van der Waals surface area contributed by atoms with E-state index in [0.29, 0.717) is 0 Å². The van der Waals surface area contributed by atoms with E-state index in [-0.39, 0.29) is 24.3 Å². The van der Waals surface area contributed by atoms with Crippen molar-refractivity contribution in [1.82, 2.24) is 10.6 Å². The van der Waals surface area contributed by atoms with Gasteiger partial charge in [-0.3, -0.25) is 9.59 Å². The van der Waals surface area contributed by atoms with Gasteiger partial charge in [-0.05, 0) is 18.1 Å². The molecule has 2 amide bonds. The number of aliphatic hydroxyl groups excluding tert-OH is 1. The van der Waals surface area contributed by atoms with E-state index in [1.807, 2.05) is 30.3 Å². The monoisotopic (exact) mass is 498 g/mol. The fraction of sp³-hybridized carbons (Fsp3) is 0.391. The van der Waals surface area contributed by atoms with Crippen LogP contribution in [0.25, 0.3) is 0 Å². The third kappa shape index (κ3) is 9.06. The number of aliphatic hydroxyl groups is 1. The van der Waals surface area contributed by atoms with Crippen molar-refractivity contribution in [3.8, 4) is 5.75 Å². The number of amides is 2. The molecule has 0 spiro atoms. The average molecular weight is 499 g/mol. The number of carbonyl (C=O) groups excluding carboxylic acids is 2. The van der Waals surface area contributed by atoms with Crippen molar-refractivity contribution in [2.75, 3.05) is 5.75 Å². The maximum atomic E-state index is 12.5. The zero-order valence-corrected chi connectivity index (χ0v) is 19.4. The molecule has 0 fully saturated rings. The number of rotatable bonds is 13. The van der Waals surface area contributed by atoms with E-state index in [2.05, 4.69) is 15.4 Å². The highest BCUT2D eigenvalue weighted by Crippen LogP contribution is 2.22. The lowest BCUT2D eigenvalue weighted by Gasteiger charge is -2.22. The van der Waals surface area contributed by atoms with Crippen LogP contribution in [0.2, 0.25) is 0 Å². The lowest BCUT2D eigenvalue weighted by molar-refractivity contribution is -0.132. The fourth-order valence-electron chi connectivity index (χ4n) is 3.15. The molecular formula is C23H28F2N2O6S. The van der Waals surface area contributed by atoms with Gasteiger partial charge in [0.25, 0.3) is 5.91 Å². The summed E-state index contributed by atoms with van der Waals surface area (Å²) in [6.45, 7) is -1.23. The molecule has 3 N–H and O–H groups in total. The third-order valence-electron chi connectivity index (χ3n) is 4.95. The SMILES string of the molecule is CCC(NC(=O)CCS(=O)(=O)Cc1ccccc1OC(F)F)C(O)C(=O)NCc1ccccc1. The summed E-state index contributed by atoms with van der Waals surface area (Å²) >= 11 is 0. The fourth-order valence-corrected chi connectivity index (χ4v) is 4.50. The quantitative estimate of drug-likeness (QED) is 0.389. The molecule has 0 aliphatic carbocycles. The van der Waals surface area contributed by atoms with Crippen molar-refractivity contribution in [2.24, 2.45) is 0 Å². The number of hydrogen-bond acceptors (Lipinski definition) is 6. The van der Waals surface area contributed by atoms with Crippen molar-refractivity contribution < 1.29 is 36.6 Å². The van der Waals surface area contributed by atoms with Crippen LogP contribution < -0.4 is 15.4 Å². The molecule has 2 unspecified atom stereocenters. The summed E-state index contributed by atoms with van der Waals surface area (Å²) in [4.78, 5) is 24.5. The molecule has 2 aromatic carbocycles. The van der Waals surface area contributed by atoms with Gasteiger partial charge in [-0.25, -0.2) is 8.42 Å². The molecule has 2 atom stereocenters. The largest absolute Gasteiger partial charge is 0.435 e. The van der Waals surface area contributed by atoms with Crippen LogP contribution in [0.4, 0.5) is 8.78 Å². The maximum Gasteiger partial charge on any atom is 0.387 e. The zero-order chi connectivity index (χ0) is 25.1. The molecule has 0 saturated carbocycles. The lowest BCUT2D eigenvalue weighted by atomic mass is 10.1. The first-order chi connectivity index (χ1) is 16.1. The molecule has 186 valence electrons. The summed E-state index contributed by atoms with van der Waals surface area (Å²) in [5.41, 5.74) is 0.894. The highest BCUT2D eigenvalue weighted by atomic mass is 32.2. The van der Waals surface area contributed by atoms with E-state index in [4.69, 9.17) is 0 Å². The minimum absolute atomic E-state index is 0.0557. The van der Waals surface area contributed by atoms with Crippen LogP contribution in [-0.2, 0) is 31.7 Å². The molecule has 0 aliphatic heterocycles. The van der Waals surface area contributed by atoms with E-state index in [0.717, 1.165) is 5.56 Å². The Kier molecular flexibility index (Phi) is 10.4. The summed E-state index contributed by atoms with van der Waals surface area (Å²) in [6.07, 6.45) is -1.71. The maximum absolute atomic E-state index is 12.5. The normalized spacial score (nSPS) is 13.2. The van der Waals surface area contributed by atoms with Gasteiger partial charge in [0.05, 0.1) is 17.5 Å². The molecule has 11 heteroatoms. The van der Waals surface area contributed by atoms with Crippen LogP contribution in [0, 0.1) is 0 Å². The summed E-state index contributed by atoms with van der Waals surface area (Å²) < 4.78 is 54.2. The van der Waals surface area contributed by atoms with Crippen LogP contribution in [-0.4, -0.2) is 49.8 Å². The number of carbonyl (C=O) groups is 2. The molecule has 0 bridgehead atoms. The van der Waals surface area contributed by atoms with Crippen LogP contribution in [0.1, 0.15) is 30.9 Å². The number of para-hydroxylation sites is 1. The summed E-state index contributed by atoms with van der Waals surface area (Å²) in [5.74, 6) is -2.71. The van der Waals surface area contributed by atoms with Crippen molar-refractivity contribution in [3.05, 3.63) is 65.7 Å². The molecule has 0 heterocycles. The molecule has 0 aliphatic rings. The highest BCUT2D eigenvalue weighted by Gasteiger charge is 2.27. The minimum atomic E-state index is -3.83. The smallest absolute Gasteiger partial charge is 0.387 e. The number of benzene rings is 2. The Hall–Kier alpha value is -3.05. The van der Waals surface area contributed by atoms with Crippen molar-refractivity contribution in [1.29, 1.82) is 0 Å². The molecule has 0 radical (unpaired) electrons. The van der Waals surface area contributed by atoms with Gasteiger partial charge in [0, 0.05) is 18.5 Å². The summed E-state index contributed by atoms with van der Waals surface area (Å²) in [5, 5.41) is 15.4. The Morgan fingerprint density at radius 3 is 2.35 bits per heavy atom. The van der Waals surface area contributed by atoms with Gasteiger partial charge in [-0.15, -0.1) is 0 Å². The lowest BCUT2D eigenvalue weighted by Crippen LogP contribution is -2.50. The number of sulfone groups is 1. The Bertz CT molecular complexity index is 1050. The predicted octanol–water partition coefficient (Wildman–Crippen LogP) is 2.16. The number of halogens is 2. The van der Waals surface area contributed by atoms with Crippen LogP contribution in [0.3, 0.4) is 0 Å². The number of alkyl halides is 2. The first-order valence-electron chi connectivity index (χ1n) is 10.6. The van der Waals surface area contributed by atoms with E-state index in [1.165, 1.54) is 24.3 Å². The van der Waals surface area contributed by atoms with E-state index in [1.54, 1.807) is 6.92 Å². The summed E-state index contributed by atoms with van der Waals surface area (Å²) in [6, 6.07) is 13.7. The average Bonchev–Trinajstić information content (AvgIpc) is 2.80. The highest BCUT2D eigenvalue weighted by molar-refractivity contribution is 7.90. The van der Waals surface area contributed by atoms with Crippen molar-refractivity contribution in [2.45, 2.75) is 50.8 Å². The molecule has 8 nitrogen and oxygen atoms in total.